The Kier molecular flexibility index (Phi) is 17.5. The Morgan fingerprint density at radius 2 is 1.03 bits per heavy atom. The third kappa shape index (κ3) is 12.0. The Labute approximate surface area is 242 Å². The summed E-state index contributed by atoms with van der Waals surface area (Å²) in [6.07, 6.45) is -0.0751. The number of nitrogens with one attached hydrogen (secondary N) is 1. The van der Waals surface area contributed by atoms with Crippen molar-refractivity contribution in [3.05, 3.63) is 0 Å². The Hall–Kier alpha value is 0.01000. The van der Waals surface area contributed by atoms with Gasteiger partial charge in [0.25, 0.3) is 20.4 Å². The van der Waals surface area contributed by atoms with Crippen molar-refractivity contribution in [2.75, 3.05) is 55.4 Å². The molecule has 39 heavy (non-hydrogen) atoms. The summed E-state index contributed by atoms with van der Waals surface area (Å²) in [6, 6.07) is -0.315. The van der Waals surface area contributed by atoms with Gasteiger partial charge < -0.3 is 15.1 Å². The quantitative estimate of drug-likeness (QED) is 0.217. The summed E-state index contributed by atoms with van der Waals surface area (Å²) in [5.41, 5.74) is -0.909. The predicted molar refractivity (Wildman–Crippen MR) is 165 cm³/mol. The molecule has 0 bridgehead atoms. The summed E-state index contributed by atoms with van der Waals surface area (Å²) in [6.45, 7) is 15.2. The van der Waals surface area contributed by atoms with E-state index in [-0.39, 0.29) is 25.2 Å². The summed E-state index contributed by atoms with van der Waals surface area (Å²) in [7, 11) is 5.01. The molecule has 3 N–H and O–H groups in total. The Morgan fingerprint density at radius 1 is 0.718 bits per heavy atom. The molecular weight excluding hydrogens is 563 g/mol. The molecule has 0 amide bonds. The summed E-state index contributed by atoms with van der Waals surface area (Å²) < 4.78 is 54.9. The fourth-order valence-electron chi connectivity index (χ4n) is 2.97. The SMILES string of the molecule is CCC(C)(C)N(C)S(=O)(=O)N(C)C[C@@H](O)[C@H](C)N(C)C.CCC(C)(C)N(C)S(=O)(=O)N(C)C[C@@H](O)[C@H](C)NP. The van der Waals surface area contributed by atoms with E-state index >= 15 is 0 Å². The lowest BCUT2D eigenvalue weighted by atomic mass is 10.0. The molecule has 5 atom stereocenters. The Balaban J connectivity index is 0. The van der Waals surface area contributed by atoms with Crippen LogP contribution in [0, 0.1) is 0 Å². The fraction of sp³-hybridized carbons (Fsp3) is 1.00. The molecule has 0 saturated heterocycles. The molecule has 0 rings (SSSR count). The minimum absolute atomic E-state index is 0.0506. The molecular formula is C24H59N6O6PS2. The van der Waals surface area contributed by atoms with Crippen molar-refractivity contribution in [2.45, 2.75) is 104 Å². The molecule has 12 nitrogen and oxygen atoms in total. The molecule has 0 saturated carbocycles. The van der Waals surface area contributed by atoms with Crippen LogP contribution in [-0.2, 0) is 20.4 Å². The molecule has 0 heterocycles. The van der Waals surface area contributed by atoms with Crippen molar-refractivity contribution in [1.82, 2.24) is 27.2 Å². The maximum atomic E-state index is 12.5. The number of aliphatic hydroxyl groups is 2. The van der Waals surface area contributed by atoms with E-state index < -0.39 is 43.7 Å². The van der Waals surface area contributed by atoms with Crippen molar-refractivity contribution >= 4 is 29.8 Å². The molecule has 238 valence electrons. The first-order valence-electron chi connectivity index (χ1n) is 13.3. The number of hydrogen-bond donors (Lipinski definition) is 3. The van der Waals surface area contributed by atoms with Crippen LogP contribution in [0.1, 0.15) is 68.2 Å². The fourth-order valence-corrected chi connectivity index (χ4v) is 6.22. The van der Waals surface area contributed by atoms with Crippen LogP contribution in [0.3, 0.4) is 0 Å². The number of aliphatic hydroxyl groups excluding tert-OH is 2. The highest BCUT2D eigenvalue weighted by molar-refractivity contribution is 7.87. The summed E-state index contributed by atoms with van der Waals surface area (Å²) >= 11 is 0. The largest absolute Gasteiger partial charge is 0.390 e. The van der Waals surface area contributed by atoms with Gasteiger partial charge in [-0.25, -0.2) is 0 Å². The van der Waals surface area contributed by atoms with Crippen LogP contribution in [0.25, 0.3) is 0 Å². The van der Waals surface area contributed by atoms with Crippen LogP contribution in [-0.4, -0.2) is 140 Å². The smallest absolute Gasteiger partial charge is 0.282 e. The zero-order chi connectivity index (χ0) is 31.7. The average Bonchev–Trinajstić information content (AvgIpc) is 2.86. The van der Waals surface area contributed by atoms with Gasteiger partial charge in [0.2, 0.25) is 0 Å². The van der Waals surface area contributed by atoms with Gasteiger partial charge in [-0.15, -0.1) is 0 Å². The first-order valence-corrected chi connectivity index (χ1v) is 16.6. The summed E-state index contributed by atoms with van der Waals surface area (Å²) in [5, 5.41) is 22.8. The van der Waals surface area contributed by atoms with Crippen LogP contribution in [0.2, 0.25) is 0 Å². The standard InChI is InChI=1S/C13H31N3O3S.C11H28N3O3PS/c1-9-13(3,4)16(8)20(18,19)15(7)10-12(17)11(2)14(5)6;1-7-11(3,4)14(6)19(16,17)13(5)8-10(15)9(2)12-18/h11-12,17H,9-10H2,1-8H3;9-10,12,15H,7-8,18H2,1-6H3/t11-,12+;9-,10+/m00/s1. The zero-order valence-electron chi connectivity index (χ0n) is 26.8. The highest BCUT2D eigenvalue weighted by Gasteiger charge is 2.36. The number of nitrogens with zero attached hydrogens (tertiary/aromatic N) is 5. The maximum absolute atomic E-state index is 12.5. The molecule has 0 aliphatic carbocycles. The monoisotopic (exact) mass is 622 g/mol. The number of hydrogen-bond acceptors (Lipinski definition) is 8. The highest BCUT2D eigenvalue weighted by atomic mass is 32.2. The van der Waals surface area contributed by atoms with Crippen molar-refractivity contribution in [1.29, 1.82) is 0 Å². The highest BCUT2D eigenvalue weighted by Crippen LogP contribution is 2.23. The van der Waals surface area contributed by atoms with Crippen molar-refractivity contribution in [3.63, 3.8) is 0 Å². The Bertz CT molecular complexity index is 920. The minimum Gasteiger partial charge on any atom is -0.390 e. The van der Waals surface area contributed by atoms with Gasteiger partial charge in [0.15, 0.2) is 0 Å². The number of likely N-dealkylation sites (N-methyl/N-ethyl adjacent to an activating group) is 3. The van der Waals surface area contributed by atoms with Gasteiger partial charge in [0.05, 0.1) is 12.2 Å². The zero-order valence-corrected chi connectivity index (χ0v) is 29.6. The molecule has 15 heteroatoms. The van der Waals surface area contributed by atoms with E-state index in [2.05, 4.69) is 14.5 Å². The van der Waals surface area contributed by atoms with Crippen molar-refractivity contribution in [2.24, 2.45) is 0 Å². The van der Waals surface area contributed by atoms with E-state index in [1.54, 1.807) is 21.0 Å². The van der Waals surface area contributed by atoms with E-state index in [0.717, 1.165) is 0 Å². The van der Waals surface area contributed by atoms with Gasteiger partial charge in [-0.3, -0.25) is 5.09 Å². The normalized spacial score (nSPS) is 17.0. The summed E-state index contributed by atoms with van der Waals surface area (Å²) in [5.74, 6) is 0. The van der Waals surface area contributed by atoms with Gasteiger partial charge in [-0.05, 0) is 68.5 Å². The van der Waals surface area contributed by atoms with Gasteiger partial charge in [-0.2, -0.15) is 34.1 Å². The topological polar surface area (TPSA) is 137 Å². The minimum atomic E-state index is -3.57. The molecule has 0 aliphatic heterocycles. The first-order chi connectivity index (χ1) is 17.4. The van der Waals surface area contributed by atoms with E-state index in [4.69, 9.17) is 0 Å². The number of rotatable bonds is 16. The van der Waals surface area contributed by atoms with Crippen LogP contribution >= 0.6 is 9.39 Å². The molecule has 0 fully saturated rings. The lowest BCUT2D eigenvalue weighted by molar-refractivity contribution is 0.0711. The molecule has 0 radical (unpaired) electrons. The second kappa shape index (κ2) is 16.6. The molecule has 0 aromatic carbocycles. The van der Waals surface area contributed by atoms with Gasteiger partial charge in [0, 0.05) is 64.4 Å². The molecule has 0 spiro atoms. The van der Waals surface area contributed by atoms with Gasteiger partial charge in [0.1, 0.15) is 0 Å². The third-order valence-electron chi connectivity index (χ3n) is 8.02. The van der Waals surface area contributed by atoms with Gasteiger partial charge in [-0.1, -0.05) is 23.2 Å². The average molecular weight is 623 g/mol. The maximum Gasteiger partial charge on any atom is 0.282 e. The van der Waals surface area contributed by atoms with E-state index in [0.29, 0.717) is 12.8 Å². The lowest BCUT2D eigenvalue weighted by Gasteiger charge is -2.37. The van der Waals surface area contributed by atoms with Crippen LogP contribution in [0.5, 0.6) is 0 Å². The third-order valence-corrected chi connectivity index (χ3v) is 12.8. The second-order valence-corrected chi connectivity index (χ2v) is 16.1. The van der Waals surface area contributed by atoms with Crippen molar-refractivity contribution in [3.8, 4) is 0 Å². The summed E-state index contributed by atoms with van der Waals surface area (Å²) in [4.78, 5) is 1.87. The van der Waals surface area contributed by atoms with Crippen LogP contribution in [0.15, 0.2) is 0 Å². The lowest BCUT2D eigenvalue weighted by Crippen LogP contribution is -2.53. The van der Waals surface area contributed by atoms with Gasteiger partial charge >= 0.3 is 0 Å². The van der Waals surface area contributed by atoms with Crippen molar-refractivity contribution < 1.29 is 27.0 Å². The molecule has 0 aromatic heterocycles. The molecule has 0 aliphatic rings. The molecule has 0 aromatic rings. The second-order valence-electron chi connectivity index (χ2n) is 11.6. The predicted octanol–water partition coefficient (Wildman–Crippen LogP) is 1.01. The Morgan fingerprint density at radius 3 is 1.28 bits per heavy atom. The molecule has 1 unspecified atom stereocenters. The van der Waals surface area contributed by atoms with E-state index in [1.165, 1.54) is 31.3 Å². The van der Waals surface area contributed by atoms with Crippen LogP contribution < -0.4 is 5.09 Å². The first kappa shape index (κ1) is 41.1. The van der Waals surface area contributed by atoms with E-state index in [1.807, 2.05) is 67.5 Å². The van der Waals surface area contributed by atoms with E-state index in [9.17, 15) is 27.0 Å². The van der Waals surface area contributed by atoms with Crippen LogP contribution in [0.4, 0.5) is 0 Å².